The van der Waals surface area contributed by atoms with E-state index in [-0.39, 0.29) is 5.91 Å². The second-order valence-electron chi connectivity index (χ2n) is 5.11. The lowest BCUT2D eigenvalue weighted by molar-refractivity contribution is -0.125. The van der Waals surface area contributed by atoms with Crippen molar-refractivity contribution in [3.63, 3.8) is 0 Å². The van der Waals surface area contributed by atoms with E-state index in [4.69, 9.17) is 0 Å². The summed E-state index contributed by atoms with van der Waals surface area (Å²) in [6, 6.07) is 0.475. The van der Waals surface area contributed by atoms with Crippen molar-refractivity contribution in [2.24, 2.45) is 17.8 Å². The largest absolute Gasteiger partial charge is 0.353 e. The standard InChI is InChI=1S/C11H20N2O/c1-7(2)3-10(14)13-11-8-4-9(11)6-12-5-8/h7-9,11-12H,3-6H2,1-2H3,(H,13,14). The van der Waals surface area contributed by atoms with Gasteiger partial charge in [-0.1, -0.05) is 13.8 Å². The molecule has 2 unspecified atom stereocenters. The SMILES string of the molecule is CC(C)CC(=O)NC1C2CNCC1C2. The minimum absolute atomic E-state index is 0.238. The van der Waals surface area contributed by atoms with E-state index in [0.29, 0.717) is 30.2 Å². The molecule has 0 radical (unpaired) electrons. The fourth-order valence-electron chi connectivity index (χ4n) is 2.60. The van der Waals surface area contributed by atoms with Gasteiger partial charge in [0.25, 0.3) is 0 Å². The molecule has 3 fully saturated rings. The summed E-state index contributed by atoms with van der Waals surface area (Å²) in [7, 11) is 0. The van der Waals surface area contributed by atoms with Gasteiger partial charge in [-0.25, -0.2) is 0 Å². The fourth-order valence-corrected chi connectivity index (χ4v) is 2.60. The lowest BCUT2D eigenvalue weighted by Gasteiger charge is -2.49. The first-order valence-corrected chi connectivity index (χ1v) is 5.67. The van der Waals surface area contributed by atoms with Gasteiger partial charge in [0, 0.05) is 12.5 Å². The Labute approximate surface area is 85.6 Å². The number of hydrogen-bond acceptors (Lipinski definition) is 2. The van der Waals surface area contributed by atoms with Gasteiger partial charge in [-0.3, -0.25) is 4.79 Å². The number of rotatable bonds is 3. The molecule has 0 aromatic carbocycles. The van der Waals surface area contributed by atoms with Crippen molar-refractivity contribution in [2.75, 3.05) is 13.1 Å². The Bertz CT molecular complexity index is 213. The van der Waals surface area contributed by atoms with E-state index < -0.39 is 0 Å². The van der Waals surface area contributed by atoms with Crippen molar-refractivity contribution < 1.29 is 4.79 Å². The first-order valence-electron chi connectivity index (χ1n) is 5.67. The maximum absolute atomic E-state index is 11.6. The third kappa shape index (κ3) is 1.92. The Morgan fingerprint density at radius 1 is 1.43 bits per heavy atom. The Hall–Kier alpha value is -0.570. The molecule has 2 N–H and O–H groups in total. The monoisotopic (exact) mass is 196 g/mol. The first-order chi connectivity index (χ1) is 6.66. The lowest BCUT2D eigenvalue weighted by Crippen LogP contribution is -2.63. The predicted molar refractivity (Wildman–Crippen MR) is 55.9 cm³/mol. The van der Waals surface area contributed by atoms with Gasteiger partial charge in [-0.2, -0.15) is 0 Å². The van der Waals surface area contributed by atoms with Crippen LogP contribution in [0.3, 0.4) is 0 Å². The molecule has 0 aromatic heterocycles. The third-order valence-electron chi connectivity index (χ3n) is 3.36. The Balaban J connectivity index is 1.78. The summed E-state index contributed by atoms with van der Waals surface area (Å²) < 4.78 is 0. The van der Waals surface area contributed by atoms with Crippen LogP contribution >= 0.6 is 0 Å². The molecule has 3 rings (SSSR count). The van der Waals surface area contributed by atoms with Crippen LogP contribution in [-0.2, 0) is 4.79 Å². The van der Waals surface area contributed by atoms with E-state index in [1.807, 2.05) is 0 Å². The number of fused-ring (bicyclic) bond motifs is 2. The molecule has 2 atom stereocenters. The number of piperidine rings is 2. The summed E-state index contributed by atoms with van der Waals surface area (Å²) in [6.07, 6.45) is 1.98. The molecule has 3 nitrogen and oxygen atoms in total. The van der Waals surface area contributed by atoms with Crippen LogP contribution in [0.25, 0.3) is 0 Å². The minimum atomic E-state index is 0.238. The highest BCUT2D eigenvalue weighted by Gasteiger charge is 2.44. The molecule has 2 bridgehead atoms. The maximum atomic E-state index is 11.6. The van der Waals surface area contributed by atoms with Crippen LogP contribution in [0.5, 0.6) is 0 Å². The quantitative estimate of drug-likeness (QED) is 0.699. The Morgan fingerprint density at radius 2 is 2.07 bits per heavy atom. The average Bonchev–Trinajstić information content (AvgIpc) is 2.14. The van der Waals surface area contributed by atoms with Crippen LogP contribution in [-0.4, -0.2) is 25.0 Å². The van der Waals surface area contributed by atoms with Crippen molar-refractivity contribution in [3.05, 3.63) is 0 Å². The molecule has 2 aliphatic heterocycles. The molecule has 0 spiro atoms. The number of nitrogens with one attached hydrogen (secondary N) is 2. The van der Waals surface area contributed by atoms with Gasteiger partial charge in [-0.05, 0) is 37.3 Å². The molecular formula is C11H20N2O. The van der Waals surface area contributed by atoms with E-state index in [2.05, 4.69) is 24.5 Å². The summed E-state index contributed by atoms with van der Waals surface area (Å²) >= 11 is 0. The smallest absolute Gasteiger partial charge is 0.220 e. The van der Waals surface area contributed by atoms with Gasteiger partial charge in [0.15, 0.2) is 0 Å². The van der Waals surface area contributed by atoms with Gasteiger partial charge in [-0.15, -0.1) is 0 Å². The van der Waals surface area contributed by atoms with Crippen molar-refractivity contribution in [2.45, 2.75) is 32.7 Å². The summed E-state index contributed by atoms with van der Waals surface area (Å²) in [4.78, 5) is 11.6. The average molecular weight is 196 g/mol. The van der Waals surface area contributed by atoms with Crippen molar-refractivity contribution in [3.8, 4) is 0 Å². The summed E-state index contributed by atoms with van der Waals surface area (Å²) in [5.74, 6) is 2.10. The van der Waals surface area contributed by atoms with Crippen molar-refractivity contribution in [1.82, 2.24) is 10.6 Å². The highest BCUT2D eigenvalue weighted by molar-refractivity contribution is 5.76. The Kier molecular flexibility index (Phi) is 2.77. The molecule has 2 heterocycles. The fraction of sp³-hybridized carbons (Fsp3) is 0.909. The van der Waals surface area contributed by atoms with Crippen LogP contribution in [0.2, 0.25) is 0 Å². The summed E-state index contributed by atoms with van der Waals surface area (Å²) in [5.41, 5.74) is 0. The molecule has 3 heteroatoms. The molecule has 3 aliphatic rings. The van der Waals surface area contributed by atoms with Crippen LogP contribution < -0.4 is 10.6 Å². The number of carbonyl (C=O) groups is 1. The predicted octanol–water partition coefficient (Wildman–Crippen LogP) is 0.757. The zero-order valence-corrected chi connectivity index (χ0v) is 9.05. The Morgan fingerprint density at radius 3 is 2.57 bits per heavy atom. The molecule has 80 valence electrons. The number of amides is 1. The van der Waals surface area contributed by atoms with E-state index >= 15 is 0 Å². The zero-order valence-electron chi connectivity index (χ0n) is 9.05. The minimum Gasteiger partial charge on any atom is -0.353 e. The van der Waals surface area contributed by atoms with Crippen molar-refractivity contribution >= 4 is 5.91 Å². The highest BCUT2D eigenvalue weighted by atomic mass is 16.1. The van der Waals surface area contributed by atoms with Gasteiger partial charge >= 0.3 is 0 Å². The molecule has 1 amide bonds. The van der Waals surface area contributed by atoms with Crippen molar-refractivity contribution in [1.29, 1.82) is 0 Å². The lowest BCUT2D eigenvalue weighted by atomic mass is 9.67. The van der Waals surface area contributed by atoms with E-state index in [9.17, 15) is 4.79 Å². The highest BCUT2D eigenvalue weighted by Crippen LogP contribution is 2.36. The first kappa shape index (κ1) is 9.97. The second kappa shape index (κ2) is 3.89. The van der Waals surface area contributed by atoms with Crippen LogP contribution in [0.15, 0.2) is 0 Å². The van der Waals surface area contributed by atoms with E-state index in [1.54, 1.807) is 0 Å². The molecular weight excluding hydrogens is 176 g/mol. The molecule has 14 heavy (non-hydrogen) atoms. The van der Waals surface area contributed by atoms with Gasteiger partial charge in [0.1, 0.15) is 0 Å². The normalized spacial score (nSPS) is 35.2. The van der Waals surface area contributed by atoms with Gasteiger partial charge < -0.3 is 10.6 Å². The molecule has 0 aromatic rings. The zero-order chi connectivity index (χ0) is 10.1. The molecule has 2 saturated heterocycles. The number of carbonyl (C=O) groups excluding carboxylic acids is 1. The van der Waals surface area contributed by atoms with E-state index in [1.165, 1.54) is 6.42 Å². The summed E-state index contributed by atoms with van der Waals surface area (Å²) in [5, 5.41) is 6.55. The third-order valence-corrected chi connectivity index (χ3v) is 3.36. The van der Waals surface area contributed by atoms with Gasteiger partial charge in [0.2, 0.25) is 5.91 Å². The van der Waals surface area contributed by atoms with Crippen LogP contribution in [0.4, 0.5) is 0 Å². The maximum Gasteiger partial charge on any atom is 0.220 e. The number of hydrogen-bond donors (Lipinski definition) is 2. The van der Waals surface area contributed by atoms with Crippen LogP contribution in [0, 0.1) is 17.8 Å². The van der Waals surface area contributed by atoms with E-state index in [0.717, 1.165) is 13.1 Å². The summed E-state index contributed by atoms with van der Waals surface area (Å²) in [6.45, 7) is 6.34. The molecule has 1 aliphatic carbocycles. The van der Waals surface area contributed by atoms with Crippen LogP contribution in [0.1, 0.15) is 26.7 Å². The second-order valence-corrected chi connectivity index (χ2v) is 5.11. The molecule has 1 saturated carbocycles. The van der Waals surface area contributed by atoms with Gasteiger partial charge in [0.05, 0.1) is 0 Å². The topological polar surface area (TPSA) is 41.1 Å².